The maximum atomic E-state index is 11.1. The van der Waals surface area contributed by atoms with Gasteiger partial charge >= 0.3 is 5.69 Å². The van der Waals surface area contributed by atoms with Gasteiger partial charge in [-0.1, -0.05) is 6.07 Å². The number of nitro groups is 2. The van der Waals surface area contributed by atoms with Crippen LogP contribution in [-0.2, 0) is 0 Å². The molecule has 0 fully saturated rings. The third kappa shape index (κ3) is 3.03. The van der Waals surface area contributed by atoms with Gasteiger partial charge in [-0.25, -0.2) is 0 Å². The summed E-state index contributed by atoms with van der Waals surface area (Å²) in [6, 6.07) is 7.07. The Labute approximate surface area is 126 Å². The zero-order valence-corrected chi connectivity index (χ0v) is 12.3. The number of non-ortho nitro benzene ring substituents is 1. The van der Waals surface area contributed by atoms with Crippen LogP contribution in [0.25, 0.3) is 0 Å². The summed E-state index contributed by atoms with van der Waals surface area (Å²) in [5, 5.41) is 21.8. The molecule has 0 N–H and O–H groups in total. The van der Waals surface area contributed by atoms with E-state index in [2.05, 4.69) is 0 Å². The first-order valence-corrected chi connectivity index (χ1v) is 6.48. The third-order valence-corrected chi connectivity index (χ3v) is 3.33. The molecule has 2 aromatic rings. The maximum Gasteiger partial charge on any atom is 0.318 e. The van der Waals surface area contributed by atoms with E-state index < -0.39 is 15.5 Å². The molecule has 2 rings (SSSR count). The second-order valence-corrected chi connectivity index (χ2v) is 4.97. The first-order valence-electron chi connectivity index (χ1n) is 6.48. The first-order chi connectivity index (χ1) is 10.3. The lowest BCUT2D eigenvalue weighted by atomic mass is 10.1. The van der Waals surface area contributed by atoms with E-state index in [9.17, 15) is 20.2 Å². The quantitative estimate of drug-likeness (QED) is 0.622. The summed E-state index contributed by atoms with van der Waals surface area (Å²) in [6.45, 7) is 5.66. The molecule has 0 bridgehead atoms. The van der Waals surface area contributed by atoms with Crippen molar-refractivity contribution in [3.8, 4) is 11.5 Å². The van der Waals surface area contributed by atoms with Crippen molar-refractivity contribution in [1.29, 1.82) is 0 Å². The van der Waals surface area contributed by atoms with Gasteiger partial charge in [-0.15, -0.1) is 0 Å². The summed E-state index contributed by atoms with van der Waals surface area (Å²) in [4.78, 5) is 20.5. The molecule has 114 valence electrons. The molecule has 2 aromatic carbocycles. The van der Waals surface area contributed by atoms with E-state index in [1.54, 1.807) is 6.07 Å². The zero-order chi connectivity index (χ0) is 16.4. The lowest BCUT2D eigenvalue weighted by Crippen LogP contribution is -1.97. The molecule has 0 aliphatic carbocycles. The highest BCUT2D eigenvalue weighted by atomic mass is 16.6. The number of rotatable bonds is 4. The number of hydrogen-bond acceptors (Lipinski definition) is 5. The SMILES string of the molecule is Cc1cc(C)c(C)c(Oc2ccc([N+](=O)[O-])cc2[N+](=O)[O-])c1. The van der Waals surface area contributed by atoms with Crippen LogP contribution >= 0.6 is 0 Å². The monoisotopic (exact) mass is 302 g/mol. The normalized spacial score (nSPS) is 10.3. The van der Waals surface area contributed by atoms with Crippen LogP contribution in [0.5, 0.6) is 11.5 Å². The highest BCUT2D eigenvalue weighted by Crippen LogP contribution is 2.36. The van der Waals surface area contributed by atoms with E-state index in [1.807, 2.05) is 26.8 Å². The lowest BCUT2D eigenvalue weighted by molar-refractivity contribution is -0.394. The summed E-state index contributed by atoms with van der Waals surface area (Å²) in [6.07, 6.45) is 0. The Morgan fingerprint density at radius 1 is 0.909 bits per heavy atom. The van der Waals surface area contributed by atoms with Gasteiger partial charge in [-0.05, 0) is 49.6 Å². The molecule has 0 aliphatic rings. The molecule has 0 saturated carbocycles. The predicted molar refractivity (Wildman–Crippen MR) is 80.5 cm³/mol. The zero-order valence-electron chi connectivity index (χ0n) is 12.3. The van der Waals surface area contributed by atoms with Gasteiger partial charge in [0.1, 0.15) is 5.75 Å². The average Bonchev–Trinajstić information content (AvgIpc) is 2.44. The number of benzene rings is 2. The maximum absolute atomic E-state index is 11.1. The summed E-state index contributed by atoms with van der Waals surface area (Å²) < 4.78 is 5.63. The van der Waals surface area contributed by atoms with Crippen molar-refractivity contribution >= 4 is 11.4 Å². The topological polar surface area (TPSA) is 95.5 Å². The Morgan fingerprint density at radius 2 is 1.59 bits per heavy atom. The van der Waals surface area contributed by atoms with Crippen LogP contribution in [0.15, 0.2) is 30.3 Å². The highest BCUT2D eigenvalue weighted by Gasteiger charge is 2.21. The highest BCUT2D eigenvalue weighted by molar-refractivity contribution is 5.56. The van der Waals surface area contributed by atoms with Gasteiger partial charge in [0.2, 0.25) is 5.75 Å². The van der Waals surface area contributed by atoms with E-state index in [0.717, 1.165) is 22.8 Å². The lowest BCUT2D eigenvalue weighted by Gasteiger charge is -2.12. The van der Waals surface area contributed by atoms with E-state index >= 15 is 0 Å². The van der Waals surface area contributed by atoms with E-state index in [0.29, 0.717) is 5.75 Å². The van der Waals surface area contributed by atoms with E-state index in [1.165, 1.54) is 12.1 Å². The molecule has 7 heteroatoms. The molecule has 0 radical (unpaired) electrons. The molecule has 0 unspecified atom stereocenters. The largest absolute Gasteiger partial charge is 0.450 e. The Bertz CT molecular complexity index is 771. The van der Waals surface area contributed by atoms with Crippen LogP contribution in [0.2, 0.25) is 0 Å². The van der Waals surface area contributed by atoms with Gasteiger partial charge in [-0.2, -0.15) is 0 Å². The third-order valence-electron chi connectivity index (χ3n) is 3.33. The van der Waals surface area contributed by atoms with Crippen molar-refractivity contribution in [1.82, 2.24) is 0 Å². The molecule has 0 heterocycles. The molecular weight excluding hydrogens is 288 g/mol. The second kappa shape index (κ2) is 5.80. The second-order valence-electron chi connectivity index (χ2n) is 4.97. The number of aryl methyl sites for hydroxylation is 2. The van der Waals surface area contributed by atoms with Crippen LogP contribution in [-0.4, -0.2) is 9.85 Å². The summed E-state index contributed by atoms with van der Waals surface area (Å²) in [5.41, 5.74) is 2.03. The Hall–Kier alpha value is -2.96. The van der Waals surface area contributed by atoms with Gasteiger partial charge in [-0.3, -0.25) is 20.2 Å². The van der Waals surface area contributed by atoms with Crippen molar-refractivity contribution in [3.05, 3.63) is 67.3 Å². The molecule has 7 nitrogen and oxygen atoms in total. The molecule has 0 aromatic heterocycles. The van der Waals surface area contributed by atoms with Crippen LogP contribution in [0.1, 0.15) is 16.7 Å². The van der Waals surface area contributed by atoms with Crippen molar-refractivity contribution < 1.29 is 14.6 Å². The van der Waals surface area contributed by atoms with Crippen LogP contribution in [0.3, 0.4) is 0 Å². The van der Waals surface area contributed by atoms with E-state index in [-0.39, 0.29) is 11.4 Å². The summed E-state index contributed by atoms with van der Waals surface area (Å²) in [5.74, 6) is 0.471. The molecular formula is C15H14N2O5. The van der Waals surface area contributed by atoms with Crippen molar-refractivity contribution in [2.75, 3.05) is 0 Å². The van der Waals surface area contributed by atoms with Crippen LogP contribution < -0.4 is 4.74 Å². The van der Waals surface area contributed by atoms with Gasteiger partial charge in [0.05, 0.1) is 15.9 Å². The van der Waals surface area contributed by atoms with Gasteiger partial charge in [0.25, 0.3) is 5.69 Å². The number of nitrogens with zero attached hydrogens (tertiary/aromatic N) is 2. The minimum atomic E-state index is -0.694. The molecule has 0 aliphatic heterocycles. The minimum Gasteiger partial charge on any atom is -0.450 e. The fourth-order valence-electron chi connectivity index (χ4n) is 2.07. The number of ether oxygens (including phenoxy) is 1. The Kier molecular flexibility index (Phi) is 4.07. The smallest absolute Gasteiger partial charge is 0.318 e. The Balaban J connectivity index is 2.50. The van der Waals surface area contributed by atoms with Crippen molar-refractivity contribution in [2.24, 2.45) is 0 Å². The number of nitro benzene ring substituents is 2. The van der Waals surface area contributed by atoms with E-state index in [4.69, 9.17) is 4.74 Å². The van der Waals surface area contributed by atoms with Crippen molar-refractivity contribution in [3.63, 3.8) is 0 Å². The summed E-state index contributed by atoms with van der Waals surface area (Å²) >= 11 is 0. The average molecular weight is 302 g/mol. The molecule has 0 saturated heterocycles. The molecule has 0 amide bonds. The summed E-state index contributed by atoms with van der Waals surface area (Å²) in [7, 11) is 0. The van der Waals surface area contributed by atoms with Gasteiger partial charge < -0.3 is 4.74 Å². The fraction of sp³-hybridized carbons (Fsp3) is 0.200. The van der Waals surface area contributed by atoms with Crippen LogP contribution in [0, 0.1) is 41.0 Å². The van der Waals surface area contributed by atoms with Crippen molar-refractivity contribution in [2.45, 2.75) is 20.8 Å². The van der Waals surface area contributed by atoms with Crippen LogP contribution in [0.4, 0.5) is 11.4 Å². The minimum absolute atomic E-state index is 0.0244. The fourth-order valence-corrected chi connectivity index (χ4v) is 2.07. The first kappa shape index (κ1) is 15.4. The molecule has 0 atom stereocenters. The predicted octanol–water partition coefficient (Wildman–Crippen LogP) is 4.22. The number of hydrogen-bond donors (Lipinski definition) is 0. The molecule has 22 heavy (non-hydrogen) atoms. The Morgan fingerprint density at radius 3 is 2.18 bits per heavy atom. The van der Waals surface area contributed by atoms with Gasteiger partial charge in [0, 0.05) is 6.07 Å². The molecule has 0 spiro atoms. The van der Waals surface area contributed by atoms with Gasteiger partial charge in [0.15, 0.2) is 0 Å². The standard InChI is InChI=1S/C15H14N2O5/c1-9-6-10(2)11(3)15(7-9)22-14-5-4-12(16(18)19)8-13(14)17(20)21/h4-8H,1-3H3.